The molecular formula is C18H21FN4O2. The van der Waals surface area contributed by atoms with E-state index in [2.05, 4.69) is 5.10 Å². The van der Waals surface area contributed by atoms with Crippen LogP contribution in [0.25, 0.3) is 0 Å². The summed E-state index contributed by atoms with van der Waals surface area (Å²) < 4.78 is 15.6. The lowest BCUT2D eigenvalue weighted by molar-refractivity contribution is -0.136. The number of aromatic nitrogens is 2. The van der Waals surface area contributed by atoms with E-state index in [1.807, 2.05) is 13.1 Å². The molecule has 1 aromatic carbocycles. The Labute approximate surface area is 145 Å². The van der Waals surface area contributed by atoms with Gasteiger partial charge in [0.05, 0.1) is 11.9 Å². The van der Waals surface area contributed by atoms with Gasteiger partial charge in [0.2, 0.25) is 11.8 Å². The second kappa shape index (κ2) is 7.04. The number of likely N-dealkylation sites (N-methyl/N-ethyl adjacent to an activating group) is 1. The molecule has 0 bridgehead atoms. The van der Waals surface area contributed by atoms with E-state index in [4.69, 9.17) is 0 Å². The summed E-state index contributed by atoms with van der Waals surface area (Å²) in [6, 6.07) is 5.64. The van der Waals surface area contributed by atoms with Crippen molar-refractivity contribution in [1.82, 2.24) is 14.7 Å². The summed E-state index contributed by atoms with van der Waals surface area (Å²) in [5.41, 5.74) is 1.30. The maximum Gasteiger partial charge on any atom is 0.249 e. The fraction of sp³-hybridized carbons (Fsp3) is 0.389. The Kier molecular flexibility index (Phi) is 4.83. The lowest BCUT2D eigenvalue weighted by Crippen LogP contribution is -2.43. The van der Waals surface area contributed by atoms with E-state index < -0.39 is 11.9 Å². The van der Waals surface area contributed by atoms with Gasteiger partial charge in [0, 0.05) is 32.8 Å². The number of hydrogen-bond donors (Lipinski definition) is 0. The number of anilines is 1. The largest absolute Gasteiger partial charge is 0.334 e. The Morgan fingerprint density at radius 3 is 2.84 bits per heavy atom. The van der Waals surface area contributed by atoms with Crippen molar-refractivity contribution in [2.24, 2.45) is 0 Å². The monoisotopic (exact) mass is 344 g/mol. The van der Waals surface area contributed by atoms with E-state index in [-0.39, 0.29) is 23.9 Å². The van der Waals surface area contributed by atoms with E-state index >= 15 is 0 Å². The Morgan fingerprint density at radius 1 is 1.40 bits per heavy atom. The zero-order valence-electron chi connectivity index (χ0n) is 14.4. The highest BCUT2D eigenvalue weighted by Gasteiger charge is 2.37. The van der Waals surface area contributed by atoms with Crippen LogP contribution in [-0.2, 0) is 16.1 Å². The molecule has 1 atom stereocenters. The molecule has 2 heterocycles. The molecule has 7 heteroatoms. The van der Waals surface area contributed by atoms with Gasteiger partial charge < -0.3 is 9.80 Å². The molecule has 0 radical (unpaired) electrons. The van der Waals surface area contributed by atoms with Gasteiger partial charge in [0.1, 0.15) is 11.9 Å². The predicted molar refractivity (Wildman–Crippen MR) is 91.5 cm³/mol. The van der Waals surface area contributed by atoms with Crippen molar-refractivity contribution in [3.63, 3.8) is 0 Å². The van der Waals surface area contributed by atoms with Crippen LogP contribution in [0.3, 0.4) is 0 Å². The number of halogens is 1. The third-order valence-corrected chi connectivity index (χ3v) is 4.50. The van der Waals surface area contributed by atoms with Gasteiger partial charge in [-0.05, 0) is 31.0 Å². The Hall–Kier alpha value is -2.70. The van der Waals surface area contributed by atoms with Crippen molar-refractivity contribution in [1.29, 1.82) is 0 Å². The maximum absolute atomic E-state index is 13.9. The predicted octanol–water partition coefficient (Wildman–Crippen LogP) is 1.98. The fourth-order valence-corrected chi connectivity index (χ4v) is 3.08. The first-order valence-corrected chi connectivity index (χ1v) is 8.28. The van der Waals surface area contributed by atoms with E-state index in [0.717, 1.165) is 5.56 Å². The number of benzene rings is 1. The van der Waals surface area contributed by atoms with Gasteiger partial charge in [0.25, 0.3) is 0 Å². The smallest absolute Gasteiger partial charge is 0.249 e. The standard InChI is InChI=1S/C18H21FN4O2/c1-13-11-20-22(12-13)9-8-17(24)21(2)16-7-10-23(18(16)25)15-6-4-3-5-14(15)19/h3-6,11-12,16H,7-10H2,1-2H3/t16-/m0/s1. The summed E-state index contributed by atoms with van der Waals surface area (Å²) in [6.45, 7) is 2.81. The number of rotatable bonds is 5. The molecule has 2 aromatic rings. The summed E-state index contributed by atoms with van der Waals surface area (Å²) in [5, 5.41) is 4.15. The second-order valence-corrected chi connectivity index (χ2v) is 6.28. The Balaban J connectivity index is 1.62. The Morgan fingerprint density at radius 2 is 2.16 bits per heavy atom. The lowest BCUT2D eigenvalue weighted by atomic mass is 10.2. The molecule has 1 aliphatic rings. The number of para-hydroxylation sites is 1. The van der Waals surface area contributed by atoms with Crippen LogP contribution < -0.4 is 4.90 Å². The molecular weight excluding hydrogens is 323 g/mol. The SMILES string of the molecule is Cc1cnn(CCC(=O)N(C)[C@H]2CCN(c3ccccc3F)C2=O)c1. The number of nitrogens with zero attached hydrogens (tertiary/aromatic N) is 4. The van der Waals surface area contributed by atoms with Crippen molar-refractivity contribution >= 4 is 17.5 Å². The van der Waals surface area contributed by atoms with Gasteiger partial charge in [0.15, 0.2) is 0 Å². The summed E-state index contributed by atoms with van der Waals surface area (Å²) in [7, 11) is 1.63. The van der Waals surface area contributed by atoms with E-state index in [0.29, 0.717) is 19.5 Å². The average molecular weight is 344 g/mol. The summed E-state index contributed by atoms with van der Waals surface area (Å²) in [5.74, 6) is -0.794. The second-order valence-electron chi connectivity index (χ2n) is 6.28. The molecule has 1 fully saturated rings. The minimum atomic E-state index is -0.550. The Bertz CT molecular complexity index is 789. The van der Waals surface area contributed by atoms with Crippen molar-refractivity contribution in [3.8, 4) is 0 Å². The van der Waals surface area contributed by atoms with Crippen LogP contribution in [0.5, 0.6) is 0 Å². The maximum atomic E-state index is 13.9. The molecule has 0 aliphatic carbocycles. The molecule has 1 aromatic heterocycles. The summed E-state index contributed by atoms with van der Waals surface area (Å²) in [4.78, 5) is 27.9. The number of carbonyl (C=O) groups excluding carboxylic acids is 2. The van der Waals surface area contributed by atoms with Crippen LogP contribution in [0.15, 0.2) is 36.7 Å². The number of amides is 2. The quantitative estimate of drug-likeness (QED) is 0.833. The van der Waals surface area contributed by atoms with Crippen molar-refractivity contribution < 1.29 is 14.0 Å². The number of carbonyl (C=O) groups is 2. The third kappa shape index (κ3) is 3.55. The molecule has 0 unspecified atom stereocenters. The first kappa shape index (κ1) is 17.1. The van der Waals surface area contributed by atoms with Crippen LogP contribution in [0.2, 0.25) is 0 Å². The molecule has 25 heavy (non-hydrogen) atoms. The normalized spacial score (nSPS) is 17.2. The molecule has 2 amide bonds. The number of aryl methyl sites for hydroxylation is 2. The van der Waals surface area contributed by atoms with E-state index in [1.54, 1.807) is 36.1 Å². The molecule has 3 rings (SSSR count). The lowest BCUT2D eigenvalue weighted by Gasteiger charge is -2.24. The molecule has 132 valence electrons. The van der Waals surface area contributed by atoms with Crippen molar-refractivity contribution in [3.05, 3.63) is 48.0 Å². The van der Waals surface area contributed by atoms with Gasteiger partial charge >= 0.3 is 0 Å². The summed E-state index contributed by atoms with van der Waals surface area (Å²) in [6.07, 6.45) is 4.37. The highest BCUT2D eigenvalue weighted by atomic mass is 19.1. The van der Waals surface area contributed by atoms with Gasteiger partial charge in [-0.2, -0.15) is 5.10 Å². The summed E-state index contributed by atoms with van der Waals surface area (Å²) >= 11 is 0. The molecule has 1 aliphatic heterocycles. The number of hydrogen-bond acceptors (Lipinski definition) is 3. The first-order chi connectivity index (χ1) is 12.0. The van der Waals surface area contributed by atoms with Gasteiger partial charge in [-0.25, -0.2) is 4.39 Å². The van der Waals surface area contributed by atoms with E-state index in [1.165, 1.54) is 15.9 Å². The highest BCUT2D eigenvalue weighted by Crippen LogP contribution is 2.26. The third-order valence-electron chi connectivity index (χ3n) is 4.50. The molecule has 1 saturated heterocycles. The van der Waals surface area contributed by atoms with Crippen LogP contribution >= 0.6 is 0 Å². The molecule has 6 nitrogen and oxygen atoms in total. The van der Waals surface area contributed by atoms with Crippen LogP contribution in [-0.4, -0.2) is 46.1 Å². The van der Waals surface area contributed by atoms with Crippen molar-refractivity contribution in [2.45, 2.75) is 32.4 Å². The van der Waals surface area contributed by atoms with Crippen LogP contribution in [0, 0.1) is 12.7 Å². The minimum absolute atomic E-state index is 0.123. The van der Waals surface area contributed by atoms with Crippen LogP contribution in [0.4, 0.5) is 10.1 Å². The molecule has 0 N–H and O–H groups in total. The minimum Gasteiger partial charge on any atom is -0.334 e. The molecule has 0 saturated carbocycles. The van der Waals surface area contributed by atoms with Gasteiger partial charge in [-0.3, -0.25) is 14.3 Å². The first-order valence-electron chi connectivity index (χ1n) is 8.28. The molecule has 0 spiro atoms. The van der Waals surface area contributed by atoms with Gasteiger partial charge in [-0.15, -0.1) is 0 Å². The highest BCUT2D eigenvalue weighted by molar-refractivity contribution is 6.01. The average Bonchev–Trinajstić information content (AvgIpc) is 3.18. The topological polar surface area (TPSA) is 58.4 Å². The van der Waals surface area contributed by atoms with E-state index in [9.17, 15) is 14.0 Å². The fourth-order valence-electron chi connectivity index (χ4n) is 3.08. The van der Waals surface area contributed by atoms with Crippen molar-refractivity contribution in [2.75, 3.05) is 18.5 Å². The zero-order chi connectivity index (χ0) is 18.0. The van der Waals surface area contributed by atoms with Crippen LogP contribution in [0.1, 0.15) is 18.4 Å². The zero-order valence-corrected chi connectivity index (χ0v) is 14.4. The van der Waals surface area contributed by atoms with Gasteiger partial charge in [-0.1, -0.05) is 12.1 Å².